The SMILES string of the molecule is CC(NC(=O)N1CCN(c2ccccc2)CC1)C(=O)NCc1ccncc1. The molecule has 3 amide bonds. The standard InChI is InChI=1S/C20H25N5O2/c1-16(19(26)22-15-17-7-9-21-10-8-17)23-20(27)25-13-11-24(12-14-25)18-5-3-2-4-6-18/h2-10,16H,11-15H2,1H3,(H,22,26)(H,23,27). The first-order valence-electron chi connectivity index (χ1n) is 9.15. The summed E-state index contributed by atoms with van der Waals surface area (Å²) in [6, 6.07) is 13.1. The number of urea groups is 1. The second-order valence-corrected chi connectivity index (χ2v) is 6.55. The van der Waals surface area contributed by atoms with E-state index in [-0.39, 0.29) is 11.9 Å². The molecule has 2 aromatic rings. The summed E-state index contributed by atoms with van der Waals surface area (Å²) < 4.78 is 0. The highest BCUT2D eigenvalue weighted by molar-refractivity contribution is 5.86. The van der Waals surface area contributed by atoms with Gasteiger partial charge in [0.25, 0.3) is 0 Å². The van der Waals surface area contributed by atoms with Crippen LogP contribution in [0.3, 0.4) is 0 Å². The van der Waals surface area contributed by atoms with Crippen molar-refractivity contribution in [3.63, 3.8) is 0 Å². The Morgan fingerprint density at radius 2 is 1.70 bits per heavy atom. The van der Waals surface area contributed by atoms with Crippen LogP contribution in [0, 0.1) is 0 Å². The van der Waals surface area contributed by atoms with E-state index in [0.29, 0.717) is 19.6 Å². The average molecular weight is 367 g/mol. The van der Waals surface area contributed by atoms with Crippen molar-refractivity contribution < 1.29 is 9.59 Å². The molecule has 1 aliphatic heterocycles. The highest BCUT2D eigenvalue weighted by atomic mass is 16.2. The molecular formula is C20H25N5O2. The van der Waals surface area contributed by atoms with Gasteiger partial charge in [0, 0.05) is 50.8 Å². The molecule has 1 fully saturated rings. The van der Waals surface area contributed by atoms with E-state index in [9.17, 15) is 9.59 Å². The van der Waals surface area contributed by atoms with Crippen LogP contribution in [0.1, 0.15) is 12.5 Å². The summed E-state index contributed by atoms with van der Waals surface area (Å²) >= 11 is 0. The van der Waals surface area contributed by atoms with Crippen molar-refractivity contribution >= 4 is 17.6 Å². The Balaban J connectivity index is 1.42. The number of piperazine rings is 1. The Kier molecular flexibility index (Phi) is 6.25. The summed E-state index contributed by atoms with van der Waals surface area (Å²) in [6.45, 7) is 4.93. The number of para-hydroxylation sites is 1. The molecule has 0 spiro atoms. The summed E-state index contributed by atoms with van der Waals surface area (Å²) in [5, 5.41) is 5.61. The predicted molar refractivity (Wildman–Crippen MR) is 104 cm³/mol. The Morgan fingerprint density at radius 1 is 1.04 bits per heavy atom. The summed E-state index contributed by atoms with van der Waals surface area (Å²) in [5.74, 6) is -0.205. The molecule has 1 aromatic carbocycles. The molecule has 7 nitrogen and oxygen atoms in total. The van der Waals surface area contributed by atoms with E-state index in [0.717, 1.165) is 18.7 Å². The van der Waals surface area contributed by atoms with Crippen molar-refractivity contribution in [1.29, 1.82) is 0 Å². The highest BCUT2D eigenvalue weighted by Gasteiger charge is 2.24. The normalized spacial score (nSPS) is 15.1. The van der Waals surface area contributed by atoms with Crippen LogP contribution >= 0.6 is 0 Å². The largest absolute Gasteiger partial charge is 0.368 e. The van der Waals surface area contributed by atoms with Crippen molar-refractivity contribution in [3.8, 4) is 0 Å². The zero-order valence-corrected chi connectivity index (χ0v) is 15.5. The molecule has 0 aliphatic carbocycles. The fraction of sp³-hybridized carbons (Fsp3) is 0.350. The van der Waals surface area contributed by atoms with Gasteiger partial charge in [-0.3, -0.25) is 9.78 Å². The van der Waals surface area contributed by atoms with Crippen LogP contribution < -0.4 is 15.5 Å². The van der Waals surface area contributed by atoms with Crippen LogP contribution in [0.4, 0.5) is 10.5 Å². The first-order chi connectivity index (χ1) is 13.1. The van der Waals surface area contributed by atoms with Crippen molar-refractivity contribution in [2.24, 2.45) is 0 Å². The van der Waals surface area contributed by atoms with E-state index in [1.54, 1.807) is 24.2 Å². The Hall–Kier alpha value is -3.09. The number of anilines is 1. The van der Waals surface area contributed by atoms with Crippen LogP contribution in [0.25, 0.3) is 0 Å². The van der Waals surface area contributed by atoms with E-state index in [1.165, 1.54) is 5.69 Å². The number of benzene rings is 1. The third-order valence-corrected chi connectivity index (χ3v) is 4.64. The fourth-order valence-corrected chi connectivity index (χ4v) is 2.99. The van der Waals surface area contributed by atoms with Gasteiger partial charge < -0.3 is 20.4 Å². The third kappa shape index (κ3) is 5.20. The first-order valence-corrected chi connectivity index (χ1v) is 9.15. The summed E-state index contributed by atoms with van der Waals surface area (Å²) in [4.78, 5) is 32.6. The molecule has 2 heterocycles. The molecule has 27 heavy (non-hydrogen) atoms. The maximum Gasteiger partial charge on any atom is 0.318 e. The molecule has 1 aromatic heterocycles. The quantitative estimate of drug-likeness (QED) is 0.842. The molecule has 1 atom stereocenters. The third-order valence-electron chi connectivity index (χ3n) is 4.64. The van der Waals surface area contributed by atoms with Gasteiger partial charge in [0.05, 0.1) is 0 Å². The Bertz CT molecular complexity index is 745. The topological polar surface area (TPSA) is 77.6 Å². The van der Waals surface area contributed by atoms with E-state index in [1.807, 2.05) is 30.3 Å². The number of rotatable bonds is 5. The summed E-state index contributed by atoms with van der Waals surface area (Å²) in [7, 11) is 0. The van der Waals surface area contributed by atoms with Crippen molar-refractivity contribution in [1.82, 2.24) is 20.5 Å². The molecule has 0 bridgehead atoms. The monoisotopic (exact) mass is 367 g/mol. The van der Waals surface area contributed by atoms with Crippen molar-refractivity contribution in [3.05, 3.63) is 60.4 Å². The van der Waals surface area contributed by atoms with E-state index in [4.69, 9.17) is 0 Å². The number of aromatic nitrogens is 1. The minimum absolute atomic E-state index is 0.200. The molecule has 7 heteroatoms. The minimum atomic E-state index is -0.591. The lowest BCUT2D eigenvalue weighted by Crippen LogP contribution is -2.55. The summed E-state index contributed by atoms with van der Waals surface area (Å²) in [6.07, 6.45) is 3.36. The van der Waals surface area contributed by atoms with E-state index >= 15 is 0 Å². The van der Waals surface area contributed by atoms with Gasteiger partial charge in [0.15, 0.2) is 0 Å². The number of amides is 3. The number of pyridine rings is 1. The Morgan fingerprint density at radius 3 is 2.37 bits per heavy atom. The minimum Gasteiger partial charge on any atom is -0.368 e. The molecule has 3 rings (SSSR count). The molecule has 1 unspecified atom stereocenters. The van der Waals surface area contributed by atoms with Gasteiger partial charge in [-0.15, -0.1) is 0 Å². The van der Waals surface area contributed by atoms with Crippen LogP contribution in [-0.4, -0.2) is 54.0 Å². The lowest BCUT2D eigenvalue weighted by molar-refractivity contribution is -0.122. The predicted octanol–water partition coefficient (Wildman–Crippen LogP) is 1.62. The fourth-order valence-electron chi connectivity index (χ4n) is 2.99. The van der Waals surface area contributed by atoms with E-state index in [2.05, 4.69) is 32.7 Å². The maximum absolute atomic E-state index is 12.4. The van der Waals surface area contributed by atoms with Crippen LogP contribution in [-0.2, 0) is 11.3 Å². The van der Waals surface area contributed by atoms with Crippen LogP contribution in [0.5, 0.6) is 0 Å². The van der Waals surface area contributed by atoms with Crippen molar-refractivity contribution in [2.45, 2.75) is 19.5 Å². The number of nitrogens with one attached hydrogen (secondary N) is 2. The highest BCUT2D eigenvalue weighted by Crippen LogP contribution is 2.15. The van der Waals surface area contributed by atoms with Crippen LogP contribution in [0.2, 0.25) is 0 Å². The molecular weight excluding hydrogens is 342 g/mol. The number of carbonyl (C=O) groups excluding carboxylic acids is 2. The van der Waals surface area contributed by atoms with Gasteiger partial charge >= 0.3 is 6.03 Å². The van der Waals surface area contributed by atoms with Crippen LogP contribution in [0.15, 0.2) is 54.9 Å². The zero-order valence-electron chi connectivity index (χ0n) is 15.5. The maximum atomic E-state index is 12.4. The lowest BCUT2D eigenvalue weighted by atomic mass is 10.2. The second kappa shape index (κ2) is 9.02. The van der Waals surface area contributed by atoms with E-state index < -0.39 is 6.04 Å². The molecule has 0 saturated carbocycles. The first kappa shape index (κ1) is 18.7. The Labute approximate surface area is 159 Å². The number of carbonyl (C=O) groups is 2. The van der Waals surface area contributed by atoms with Gasteiger partial charge in [-0.05, 0) is 36.8 Å². The number of hydrogen-bond acceptors (Lipinski definition) is 4. The average Bonchev–Trinajstić information content (AvgIpc) is 2.73. The van der Waals surface area contributed by atoms with Gasteiger partial charge in [-0.25, -0.2) is 4.79 Å². The molecule has 2 N–H and O–H groups in total. The molecule has 1 saturated heterocycles. The molecule has 1 aliphatic rings. The molecule has 0 radical (unpaired) electrons. The van der Waals surface area contributed by atoms with Gasteiger partial charge in [-0.2, -0.15) is 0 Å². The smallest absolute Gasteiger partial charge is 0.318 e. The molecule has 142 valence electrons. The lowest BCUT2D eigenvalue weighted by Gasteiger charge is -2.36. The number of hydrogen-bond donors (Lipinski definition) is 2. The van der Waals surface area contributed by atoms with Gasteiger partial charge in [-0.1, -0.05) is 18.2 Å². The second-order valence-electron chi connectivity index (χ2n) is 6.55. The zero-order chi connectivity index (χ0) is 19.1. The number of nitrogens with zero attached hydrogens (tertiary/aromatic N) is 3. The van der Waals surface area contributed by atoms with Crippen molar-refractivity contribution in [2.75, 3.05) is 31.1 Å². The van der Waals surface area contributed by atoms with Gasteiger partial charge in [0.1, 0.15) is 6.04 Å². The van der Waals surface area contributed by atoms with Gasteiger partial charge in [0.2, 0.25) is 5.91 Å². The summed E-state index contributed by atoms with van der Waals surface area (Å²) in [5.41, 5.74) is 2.13.